The van der Waals surface area contributed by atoms with Crippen LogP contribution in [0.2, 0.25) is 0 Å². The first-order chi connectivity index (χ1) is 13.9. The maximum Gasteiger partial charge on any atom is 0.268 e. The second kappa shape index (κ2) is 7.63. The summed E-state index contributed by atoms with van der Waals surface area (Å²) in [5, 5.41) is 9.07. The number of carbonyl (C=O) groups excluding carboxylic acids is 1. The van der Waals surface area contributed by atoms with Crippen LogP contribution in [0.3, 0.4) is 0 Å². The Morgan fingerprint density at radius 3 is 2.66 bits per heavy atom. The second-order valence-electron chi connectivity index (χ2n) is 6.96. The van der Waals surface area contributed by atoms with E-state index in [2.05, 4.69) is 15.4 Å². The van der Waals surface area contributed by atoms with Gasteiger partial charge in [-0.3, -0.25) is 18.7 Å². The number of carbonyl (C=O) groups is 1. The second-order valence-corrected chi connectivity index (χ2v) is 7.79. The Kier molecular flexibility index (Phi) is 5.02. The molecule has 0 saturated carbocycles. The summed E-state index contributed by atoms with van der Waals surface area (Å²) < 4.78 is 3.23. The van der Waals surface area contributed by atoms with Crippen LogP contribution in [0, 0.1) is 13.8 Å². The minimum Gasteiger partial charge on any atom is -0.352 e. The van der Waals surface area contributed by atoms with Crippen LogP contribution in [0.15, 0.2) is 46.6 Å². The number of thiazole rings is 1. The highest BCUT2D eigenvalue weighted by molar-refractivity contribution is 7.15. The maximum atomic E-state index is 13.3. The van der Waals surface area contributed by atoms with Gasteiger partial charge in [0.05, 0.1) is 29.1 Å². The Hall–Kier alpha value is -3.26. The van der Waals surface area contributed by atoms with Crippen LogP contribution in [-0.4, -0.2) is 25.1 Å². The molecule has 0 radical (unpaired) electrons. The predicted octanol–water partition coefficient (Wildman–Crippen LogP) is 2.63. The van der Waals surface area contributed by atoms with Crippen LogP contribution in [0.5, 0.6) is 0 Å². The van der Waals surface area contributed by atoms with Crippen LogP contribution in [0.25, 0.3) is 16.2 Å². The van der Waals surface area contributed by atoms with E-state index in [9.17, 15) is 9.59 Å². The zero-order valence-corrected chi connectivity index (χ0v) is 17.3. The lowest BCUT2D eigenvalue weighted by Gasteiger charge is -2.08. The minimum atomic E-state index is -0.178. The van der Waals surface area contributed by atoms with Crippen molar-refractivity contribution in [2.75, 3.05) is 0 Å². The van der Waals surface area contributed by atoms with Crippen molar-refractivity contribution in [3.8, 4) is 11.3 Å². The molecule has 0 aliphatic rings. The van der Waals surface area contributed by atoms with Crippen molar-refractivity contribution in [3.63, 3.8) is 0 Å². The van der Waals surface area contributed by atoms with Gasteiger partial charge in [0, 0.05) is 24.7 Å². The highest BCUT2D eigenvalue weighted by atomic mass is 32.1. The molecule has 7 nitrogen and oxygen atoms in total. The molecule has 0 aliphatic carbocycles. The molecule has 1 aromatic carbocycles. The molecule has 0 saturated heterocycles. The normalized spacial score (nSPS) is 11.1. The zero-order valence-electron chi connectivity index (χ0n) is 16.5. The van der Waals surface area contributed by atoms with E-state index in [-0.39, 0.29) is 17.9 Å². The highest BCUT2D eigenvalue weighted by Gasteiger charge is 2.19. The molecular formula is C21H21N5O2S. The number of hydrogen-bond acceptors (Lipinski definition) is 5. The van der Waals surface area contributed by atoms with Crippen molar-refractivity contribution in [3.05, 3.63) is 74.8 Å². The average Bonchev–Trinajstić information content (AvgIpc) is 3.23. The number of aromatic nitrogens is 4. The van der Waals surface area contributed by atoms with E-state index in [1.54, 1.807) is 4.68 Å². The fourth-order valence-electron chi connectivity index (χ4n) is 3.39. The van der Waals surface area contributed by atoms with E-state index >= 15 is 0 Å². The molecule has 0 aliphatic heterocycles. The third-order valence-corrected chi connectivity index (χ3v) is 5.63. The smallest absolute Gasteiger partial charge is 0.268 e. The number of amides is 1. The van der Waals surface area contributed by atoms with Crippen molar-refractivity contribution >= 4 is 22.2 Å². The number of nitrogens with one attached hydrogen (secondary N) is 1. The van der Waals surface area contributed by atoms with E-state index < -0.39 is 0 Å². The number of aryl methyl sites for hydroxylation is 3. The van der Waals surface area contributed by atoms with Gasteiger partial charge in [-0.25, -0.2) is 4.98 Å². The summed E-state index contributed by atoms with van der Waals surface area (Å²) in [5.74, 6) is -0.140. The largest absolute Gasteiger partial charge is 0.352 e. The molecule has 29 heavy (non-hydrogen) atoms. The fourth-order valence-corrected chi connectivity index (χ4v) is 4.32. The fraction of sp³-hybridized carbons (Fsp3) is 0.238. The summed E-state index contributed by atoms with van der Waals surface area (Å²) in [6.45, 7) is 4.16. The van der Waals surface area contributed by atoms with Gasteiger partial charge in [-0.15, -0.1) is 11.3 Å². The summed E-state index contributed by atoms with van der Waals surface area (Å²) in [5.41, 5.74) is 4.19. The lowest BCUT2D eigenvalue weighted by molar-refractivity contribution is -0.120. The van der Waals surface area contributed by atoms with Crippen molar-refractivity contribution < 1.29 is 4.79 Å². The Bertz CT molecular complexity index is 1250. The average molecular weight is 407 g/mol. The van der Waals surface area contributed by atoms with E-state index in [4.69, 9.17) is 0 Å². The molecule has 8 heteroatoms. The van der Waals surface area contributed by atoms with Crippen LogP contribution in [0.4, 0.5) is 0 Å². The van der Waals surface area contributed by atoms with Gasteiger partial charge in [0.2, 0.25) is 5.91 Å². The van der Waals surface area contributed by atoms with Crippen molar-refractivity contribution in [1.29, 1.82) is 0 Å². The number of rotatable bonds is 5. The lowest BCUT2D eigenvalue weighted by Crippen LogP contribution is -2.27. The first kappa shape index (κ1) is 19.1. The predicted molar refractivity (Wildman–Crippen MR) is 113 cm³/mol. The molecule has 148 valence electrons. The van der Waals surface area contributed by atoms with Crippen molar-refractivity contribution in [2.45, 2.75) is 26.8 Å². The molecule has 0 bridgehead atoms. The minimum absolute atomic E-state index is 0.112. The standard InChI is InChI=1S/C21H21N5O2S/c1-13-9-17(25(3)24-13)19-14(2)23-21-26(20(19)28)16(12-29-21)10-18(27)22-11-15-7-5-4-6-8-15/h4-9,12H,10-11H2,1-3H3,(H,22,27). The van der Waals surface area contributed by atoms with Gasteiger partial charge in [0.25, 0.3) is 5.56 Å². The van der Waals surface area contributed by atoms with Gasteiger partial charge in [-0.2, -0.15) is 5.10 Å². The number of hydrogen-bond donors (Lipinski definition) is 1. The van der Waals surface area contributed by atoms with Crippen LogP contribution in [-0.2, 0) is 24.8 Å². The molecule has 1 N–H and O–H groups in total. The van der Waals surface area contributed by atoms with E-state index in [0.717, 1.165) is 17.0 Å². The summed E-state index contributed by atoms with van der Waals surface area (Å²) in [7, 11) is 1.81. The molecule has 0 unspecified atom stereocenters. The van der Waals surface area contributed by atoms with Crippen LogP contribution in [0.1, 0.15) is 22.6 Å². The number of benzene rings is 1. The molecule has 4 aromatic rings. The topological polar surface area (TPSA) is 81.3 Å². The van der Waals surface area contributed by atoms with Crippen LogP contribution >= 0.6 is 11.3 Å². The molecular weight excluding hydrogens is 386 g/mol. The summed E-state index contributed by atoms with van der Waals surface area (Å²) >= 11 is 1.36. The third kappa shape index (κ3) is 3.71. The van der Waals surface area contributed by atoms with E-state index in [1.807, 2.05) is 62.7 Å². The van der Waals surface area contributed by atoms with Crippen molar-refractivity contribution in [2.24, 2.45) is 7.05 Å². The molecule has 3 aromatic heterocycles. The van der Waals surface area contributed by atoms with Gasteiger partial charge in [0.1, 0.15) is 0 Å². The SMILES string of the molecule is Cc1cc(-c2c(C)nc3scc(CC(=O)NCc4ccccc4)n3c2=O)n(C)n1. The quantitative estimate of drug-likeness (QED) is 0.551. The first-order valence-corrected chi connectivity index (χ1v) is 10.1. The van der Waals surface area contributed by atoms with Gasteiger partial charge in [-0.05, 0) is 25.5 Å². The Morgan fingerprint density at radius 2 is 1.97 bits per heavy atom. The monoisotopic (exact) mass is 407 g/mol. The molecule has 3 heterocycles. The van der Waals surface area contributed by atoms with E-state index in [1.165, 1.54) is 15.7 Å². The molecule has 1 amide bonds. The lowest BCUT2D eigenvalue weighted by atomic mass is 10.1. The first-order valence-electron chi connectivity index (χ1n) is 9.25. The maximum absolute atomic E-state index is 13.3. The molecule has 0 fully saturated rings. The summed E-state index contributed by atoms with van der Waals surface area (Å²) in [6.07, 6.45) is 0.112. The molecule has 4 rings (SSSR count). The van der Waals surface area contributed by atoms with Gasteiger partial charge in [-0.1, -0.05) is 30.3 Å². The van der Waals surface area contributed by atoms with Crippen LogP contribution < -0.4 is 10.9 Å². The van der Waals surface area contributed by atoms with Gasteiger partial charge in [0.15, 0.2) is 4.96 Å². The third-order valence-electron chi connectivity index (χ3n) is 4.75. The van der Waals surface area contributed by atoms with Gasteiger partial charge >= 0.3 is 0 Å². The number of nitrogens with zero attached hydrogens (tertiary/aromatic N) is 4. The summed E-state index contributed by atoms with van der Waals surface area (Å²) in [6, 6.07) is 11.6. The Balaban J connectivity index is 1.66. The summed E-state index contributed by atoms with van der Waals surface area (Å²) in [4.78, 5) is 31.0. The Labute approximate surface area is 171 Å². The number of fused-ring (bicyclic) bond motifs is 1. The molecule has 0 spiro atoms. The molecule has 0 atom stereocenters. The highest BCUT2D eigenvalue weighted by Crippen LogP contribution is 2.22. The van der Waals surface area contributed by atoms with E-state index in [0.29, 0.717) is 28.5 Å². The zero-order chi connectivity index (χ0) is 20.5. The Morgan fingerprint density at radius 1 is 1.21 bits per heavy atom. The van der Waals surface area contributed by atoms with Gasteiger partial charge < -0.3 is 5.32 Å². The van der Waals surface area contributed by atoms with Crippen molar-refractivity contribution in [1.82, 2.24) is 24.5 Å².